The van der Waals surface area contributed by atoms with Crippen molar-refractivity contribution in [3.05, 3.63) is 0 Å². The lowest BCUT2D eigenvalue weighted by atomic mass is 10.5. The number of aromatic nitrogens is 3. The minimum atomic E-state index is 0.294. The number of nitrogens with two attached hydrogens (primary N) is 1. The molecular weight excluding hydrogens is 296 g/mol. The van der Waals surface area contributed by atoms with E-state index in [2.05, 4.69) is 25.7 Å². The highest BCUT2D eigenvalue weighted by molar-refractivity contribution is 8.06. The van der Waals surface area contributed by atoms with Gasteiger partial charge in [0.15, 0.2) is 0 Å². The Hall–Kier alpha value is -0.930. The number of nitrogens with zero attached hydrogens (tertiary/aromatic N) is 3. The van der Waals surface area contributed by atoms with Crippen LogP contribution >= 0.6 is 23.5 Å². The van der Waals surface area contributed by atoms with Gasteiger partial charge in [0.2, 0.25) is 11.9 Å². The lowest BCUT2D eigenvalue weighted by Gasteiger charge is -2.21. The molecule has 0 saturated carbocycles. The number of nitrogen functional groups attached to an aromatic ring is 1. The van der Waals surface area contributed by atoms with Crippen LogP contribution in [0.4, 0.5) is 11.9 Å². The maximum atomic E-state index is 5.42. The van der Waals surface area contributed by atoms with Gasteiger partial charge < -0.3 is 10.1 Å². The van der Waals surface area contributed by atoms with Gasteiger partial charge in [-0.15, -0.1) is 0 Å². The Bertz CT molecular complexity index is 416. The molecule has 1 aromatic heterocycles. The van der Waals surface area contributed by atoms with E-state index in [-0.39, 0.29) is 0 Å². The molecule has 0 amide bonds. The molecule has 0 spiro atoms. The quantitative estimate of drug-likeness (QED) is 0.506. The van der Waals surface area contributed by atoms with Gasteiger partial charge >= 0.3 is 6.01 Å². The van der Waals surface area contributed by atoms with Gasteiger partial charge in [-0.25, -0.2) is 5.84 Å². The molecular formula is C11H20N6OS2. The van der Waals surface area contributed by atoms with Crippen molar-refractivity contribution in [1.82, 2.24) is 15.0 Å². The van der Waals surface area contributed by atoms with Crippen molar-refractivity contribution in [1.29, 1.82) is 0 Å². The first-order chi connectivity index (χ1) is 9.81. The molecule has 1 fully saturated rings. The highest BCUT2D eigenvalue weighted by atomic mass is 32.2. The fraction of sp³-hybridized carbons (Fsp3) is 0.727. The third-order valence-corrected chi connectivity index (χ3v) is 5.40. The van der Waals surface area contributed by atoms with Gasteiger partial charge in [0, 0.05) is 29.1 Å². The molecule has 7 nitrogen and oxygen atoms in total. The van der Waals surface area contributed by atoms with Crippen LogP contribution in [0.5, 0.6) is 6.01 Å². The van der Waals surface area contributed by atoms with Crippen LogP contribution in [0.25, 0.3) is 0 Å². The zero-order chi connectivity index (χ0) is 14.2. The molecule has 20 heavy (non-hydrogen) atoms. The molecule has 0 radical (unpaired) electrons. The molecule has 1 unspecified atom stereocenters. The second-order valence-electron chi connectivity index (χ2n) is 4.21. The van der Waals surface area contributed by atoms with Crippen molar-refractivity contribution in [3.8, 4) is 6.01 Å². The molecule has 2 rings (SSSR count). The van der Waals surface area contributed by atoms with Crippen LogP contribution in [0.1, 0.15) is 13.3 Å². The highest BCUT2D eigenvalue weighted by Crippen LogP contribution is 2.24. The smallest absolute Gasteiger partial charge is 0.323 e. The Morgan fingerprint density at radius 2 is 2.15 bits per heavy atom. The normalized spacial score (nSPS) is 18.6. The standard InChI is InChI=1S/C11H20N6OS2/c1-2-3-18-11-15-9(14-10(16-11)17-12)13-6-8-7-19-4-5-20-8/h8H,2-7,12H2,1H3,(H2,13,14,15,16,17). The molecule has 1 aromatic rings. The highest BCUT2D eigenvalue weighted by Gasteiger charge is 2.15. The van der Waals surface area contributed by atoms with Crippen LogP contribution in [0.2, 0.25) is 0 Å². The minimum Gasteiger partial charge on any atom is -0.463 e. The minimum absolute atomic E-state index is 0.294. The summed E-state index contributed by atoms with van der Waals surface area (Å²) in [6, 6.07) is 0.294. The Labute approximate surface area is 127 Å². The Morgan fingerprint density at radius 3 is 2.85 bits per heavy atom. The molecule has 4 N–H and O–H groups in total. The number of anilines is 2. The summed E-state index contributed by atoms with van der Waals surface area (Å²) in [5.74, 6) is 9.76. The first kappa shape index (κ1) is 15.5. The molecule has 2 heterocycles. The van der Waals surface area contributed by atoms with Crippen molar-refractivity contribution in [2.75, 3.05) is 41.2 Å². The van der Waals surface area contributed by atoms with Crippen molar-refractivity contribution < 1.29 is 4.74 Å². The predicted molar refractivity (Wildman–Crippen MR) is 85.5 cm³/mol. The van der Waals surface area contributed by atoms with E-state index in [1.54, 1.807) is 0 Å². The fourth-order valence-corrected chi connectivity index (χ4v) is 4.23. The number of nitrogens with one attached hydrogen (secondary N) is 2. The van der Waals surface area contributed by atoms with Crippen LogP contribution in [-0.2, 0) is 0 Å². The number of thioether (sulfide) groups is 2. The summed E-state index contributed by atoms with van der Waals surface area (Å²) < 4.78 is 5.42. The zero-order valence-corrected chi connectivity index (χ0v) is 13.1. The van der Waals surface area contributed by atoms with Crippen LogP contribution < -0.4 is 21.3 Å². The third-order valence-electron chi connectivity index (χ3n) is 2.55. The number of hydrogen-bond donors (Lipinski definition) is 3. The van der Waals surface area contributed by atoms with E-state index in [1.807, 2.05) is 30.4 Å². The second kappa shape index (κ2) is 8.38. The monoisotopic (exact) mass is 316 g/mol. The SMILES string of the molecule is CCCOc1nc(NN)nc(NCC2CSCCS2)n1. The van der Waals surface area contributed by atoms with Gasteiger partial charge in [0.1, 0.15) is 0 Å². The van der Waals surface area contributed by atoms with E-state index >= 15 is 0 Å². The number of hydrazine groups is 1. The van der Waals surface area contributed by atoms with Crippen LogP contribution in [0, 0.1) is 0 Å². The van der Waals surface area contributed by atoms with Crippen molar-refractivity contribution in [2.45, 2.75) is 18.6 Å². The van der Waals surface area contributed by atoms with E-state index in [1.165, 1.54) is 11.5 Å². The van der Waals surface area contributed by atoms with Crippen LogP contribution in [0.15, 0.2) is 0 Å². The van der Waals surface area contributed by atoms with E-state index in [9.17, 15) is 0 Å². The van der Waals surface area contributed by atoms with E-state index in [4.69, 9.17) is 10.6 Å². The summed E-state index contributed by atoms with van der Waals surface area (Å²) in [6.45, 7) is 3.43. The molecule has 9 heteroatoms. The fourth-order valence-electron chi connectivity index (χ4n) is 1.62. The number of hydrogen-bond acceptors (Lipinski definition) is 9. The van der Waals surface area contributed by atoms with Crippen LogP contribution in [0.3, 0.4) is 0 Å². The van der Waals surface area contributed by atoms with Gasteiger partial charge in [0.05, 0.1) is 6.61 Å². The first-order valence-corrected chi connectivity index (χ1v) is 8.81. The summed E-state index contributed by atoms with van der Waals surface area (Å²) in [5, 5.41) is 3.82. The second-order valence-corrected chi connectivity index (χ2v) is 6.76. The van der Waals surface area contributed by atoms with Crippen molar-refractivity contribution in [3.63, 3.8) is 0 Å². The molecule has 0 bridgehead atoms. The van der Waals surface area contributed by atoms with E-state index in [0.29, 0.717) is 29.8 Å². The Kier molecular flexibility index (Phi) is 6.48. The summed E-state index contributed by atoms with van der Waals surface area (Å²) in [4.78, 5) is 12.5. The van der Waals surface area contributed by atoms with E-state index < -0.39 is 0 Å². The molecule has 1 aliphatic heterocycles. The molecule has 0 aromatic carbocycles. The molecule has 1 saturated heterocycles. The third kappa shape index (κ3) is 4.88. The molecule has 112 valence electrons. The van der Waals surface area contributed by atoms with Crippen LogP contribution in [-0.4, -0.2) is 50.6 Å². The van der Waals surface area contributed by atoms with E-state index in [0.717, 1.165) is 18.7 Å². The van der Waals surface area contributed by atoms with Gasteiger partial charge in [-0.05, 0) is 6.42 Å². The summed E-state index contributed by atoms with van der Waals surface area (Å²) in [6.07, 6.45) is 0.899. The maximum Gasteiger partial charge on any atom is 0.323 e. The topological polar surface area (TPSA) is 98.0 Å². The van der Waals surface area contributed by atoms with Crippen molar-refractivity contribution in [2.24, 2.45) is 5.84 Å². The maximum absolute atomic E-state index is 5.42. The zero-order valence-electron chi connectivity index (χ0n) is 11.5. The molecule has 0 aliphatic carbocycles. The molecule has 1 atom stereocenters. The van der Waals surface area contributed by atoms with Crippen molar-refractivity contribution >= 4 is 35.4 Å². The van der Waals surface area contributed by atoms with Gasteiger partial charge in [-0.1, -0.05) is 6.92 Å². The Morgan fingerprint density at radius 1 is 1.30 bits per heavy atom. The largest absolute Gasteiger partial charge is 0.463 e. The lowest BCUT2D eigenvalue weighted by Crippen LogP contribution is -2.24. The Balaban J connectivity index is 1.94. The lowest BCUT2D eigenvalue weighted by molar-refractivity contribution is 0.292. The van der Waals surface area contributed by atoms with Gasteiger partial charge in [-0.3, -0.25) is 5.43 Å². The van der Waals surface area contributed by atoms with Gasteiger partial charge in [0.25, 0.3) is 0 Å². The number of rotatable bonds is 7. The average Bonchev–Trinajstić information content (AvgIpc) is 2.51. The predicted octanol–water partition coefficient (Wildman–Crippen LogP) is 1.21. The number of ether oxygens (including phenoxy) is 1. The first-order valence-electron chi connectivity index (χ1n) is 6.60. The van der Waals surface area contributed by atoms with Gasteiger partial charge in [-0.2, -0.15) is 38.5 Å². The average molecular weight is 316 g/mol. The summed E-state index contributed by atoms with van der Waals surface area (Å²) >= 11 is 3.97. The molecule has 1 aliphatic rings. The summed E-state index contributed by atoms with van der Waals surface area (Å²) in [7, 11) is 0. The summed E-state index contributed by atoms with van der Waals surface area (Å²) in [5.41, 5.74) is 2.43.